The lowest BCUT2D eigenvalue weighted by molar-refractivity contribution is -0.121. The first-order valence-electron chi connectivity index (χ1n) is 8.37. The van der Waals surface area contributed by atoms with Gasteiger partial charge in [-0.15, -0.1) is 0 Å². The van der Waals surface area contributed by atoms with Gasteiger partial charge in [-0.3, -0.25) is 4.79 Å². The van der Waals surface area contributed by atoms with Crippen LogP contribution in [0.4, 0.5) is 5.69 Å². The van der Waals surface area contributed by atoms with Crippen molar-refractivity contribution in [1.29, 1.82) is 0 Å². The molecule has 0 unspecified atom stereocenters. The molecule has 0 saturated heterocycles. The molecule has 4 N–H and O–H groups in total. The number of amides is 1. The number of rotatable bonds is 7. The van der Waals surface area contributed by atoms with Gasteiger partial charge in [0.05, 0.1) is 6.61 Å². The Morgan fingerprint density at radius 1 is 1.08 bits per heavy atom. The summed E-state index contributed by atoms with van der Waals surface area (Å²) in [6, 6.07) is 16.2. The molecule has 24 heavy (non-hydrogen) atoms. The van der Waals surface area contributed by atoms with Crippen molar-refractivity contribution in [3.63, 3.8) is 0 Å². The van der Waals surface area contributed by atoms with Crippen molar-refractivity contribution >= 4 is 11.6 Å². The largest absolute Gasteiger partial charge is 0.394 e. The normalized spacial score (nSPS) is 13.3. The van der Waals surface area contributed by atoms with Crippen LogP contribution in [-0.2, 0) is 11.2 Å². The van der Waals surface area contributed by atoms with E-state index in [0.29, 0.717) is 5.69 Å². The van der Waals surface area contributed by atoms with E-state index in [1.807, 2.05) is 24.3 Å². The first-order valence-corrected chi connectivity index (χ1v) is 8.37. The summed E-state index contributed by atoms with van der Waals surface area (Å²) in [4.78, 5) is 11.9. The zero-order chi connectivity index (χ0) is 17.6. The molecule has 4 heteroatoms. The molecule has 128 valence electrons. The van der Waals surface area contributed by atoms with Crippen LogP contribution in [0.15, 0.2) is 48.5 Å². The zero-order valence-electron chi connectivity index (χ0n) is 14.4. The Hall–Kier alpha value is -2.17. The lowest BCUT2D eigenvalue weighted by atomic mass is 10.0. The fraction of sp³-hybridized carbons (Fsp3) is 0.350. The standard InChI is InChI=1S/C20H26N2O2/c1-3-4-5-15-6-8-16(9-7-15)17-10-12-18(13-11-17)22-19(24)20(2,21)14-23/h6-13,23H,3-5,14,21H2,1-2H3,(H,22,24)/t20-/m0/s1. The number of aliphatic hydroxyl groups excluding tert-OH is 1. The molecule has 0 heterocycles. The number of aliphatic hydroxyl groups is 1. The van der Waals surface area contributed by atoms with E-state index in [2.05, 4.69) is 36.5 Å². The van der Waals surface area contributed by atoms with Crippen LogP contribution in [-0.4, -0.2) is 23.2 Å². The van der Waals surface area contributed by atoms with Gasteiger partial charge in [-0.1, -0.05) is 49.7 Å². The lowest BCUT2D eigenvalue weighted by Crippen LogP contribution is -2.51. The van der Waals surface area contributed by atoms with Crippen LogP contribution in [0.1, 0.15) is 32.3 Å². The molecule has 0 aromatic heterocycles. The van der Waals surface area contributed by atoms with Gasteiger partial charge in [0.1, 0.15) is 5.54 Å². The summed E-state index contributed by atoms with van der Waals surface area (Å²) in [6.45, 7) is 3.29. The molecule has 0 bridgehead atoms. The highest BCUT2D eigenvalue weighted by molar-refractivity contribution is 5.97. The minimum Gasteiger partial charge on any atom is -0.394 e. The molecule has 2 rings (SSSR count). The van der Waals surface area contributed by atoms with Crippen LogP contribution in [0.3, 0.4) is 0 Å². The summed E-state index contributed by atoms with van der Waals surface area (Å²) in [5, 5.41) is 11.8. The molecular weight excluding hydrogens is 300 g/mol. The lowest BCUT2D eigenvalue weighted by Gasteiger charge is -2.20. The number of carbonyl (C=O) groups is 1. The van der Waals surface area contributed by atoms with Crippen molar-refractivity contribution in [1.82, 2.24) is 0 Å². The minimum atomic E-state index is -1.28. The van der Waals surface area contributed by atoms with Crippen molar-refractivity contribution in [2.45, 2.75) is 38.6 Å². The molecule has 1 amide bonds. The molecule has 0 spiro atoms. The first kappa shape index (κ1) is 18.2. The second-order valence-electron chi connectivity index (χ2n) is 6.41. The summed E-state index contributed by atoms with van der Waals surface area (Å²) in [6.07, 6.45) is 3.53. The number of hydrogen-bond acceptors (Lipinski definition) is 3. The highest BCUT2D eigenvalue weighted by atomic mass is 16.3. The second kappa shape index (κ2) is 8.08. The Morgan fingerprint density at radius 2 is 1.62 bits per heavy atom. The number of nitrogens with two attached hydrogens (primary N) is 1. The van der Waals surface area contributed by atoms with Crippen molar-refractivity contribution in [2.24, 2.45) is 5.73 Å². The van der Waals surface area contributed by atoms with Crippen LogP contribution in [0.25, 0.3) is 11.1 Å². The Kier molecular flexibility index (Phi) is 6.12. The summed E-state index contributed by atoms with van der Waals surface area (Å²) < 4.78 is 0. The van der Waals surface area contributed by atoms with Gasteiger partial charge >= 0.3 is 0 Å². The topological polar surface area (TPSA) is 75.4 Å². The van der Waals surface area contributed by atoms with Gasteiger partial charge in [0.15, 0.2) is 0 Å². The van der Waals surface area contributed by atoms with Crippen LogP contribution >= 0.6 is 0 Å². The van der Waals surface area contributed by atoms with Crippen molar-refractivity contribution in [3.8, 4) is 11.1 Å². The van der Waals surface area contributed by atoms with E-state index in [1.54, 1.807) is 0 Å². The number of benzene rings is 2. The smallest absolute Gasteiger partial charge is 0.246 e. The maximum Gasteiger partial charge on any atom is 0.246 e. The zero-order valence-corrected chi connectivity index (χ0v) is 14.4. The van der Waals surface area contributed by atoms with Gasteiger partial charge in [0.25, 0.3) is 0 Å². The van der Waals surface area contributed by atoms with E-state index in [4.69, 9.17) is 10.8 Å². The average molecular weight is 326 g/mol. The molecule has 0 aliphatic heterocycles. The number of anilines is 1. The fourth-order valence-electron chi connectivity index (χ4n) is 2.34. The number of unbranched alkanes of at least 4 members (excludes halogenated alkanes) is 1. The molecule has 2 aromatic rings. The van der Waals surface area contributed by atoms with E-state index in [9.17, 15) is 4.79 Å². The van der Waals surface area contributed by atoms with E-state index in [-0.39, 0.29) is 0 Å². The highest BCUT2D eigenvalue weighted by Crippen LogP contribution is 2.22. The summed E-state index contributed by atoms with van der Waals surface area (Å²) in [5.74, 6) is -0.405. The van der Waals surface area contributed by atoms with E-state index in [1.165, 1.54) is 25.3 Å². The molecule has 0 fully saturated rings. The van der Waals surface area contributed by atoms with Crippen LogP contribution in [0.5, 0.6) is 0 Å². The molecule has 2 aromatic carbocycles. The Balaban J connectivity index is 2.05. The predicted molar refractivity (Wildman–Crippen MR) is 98.8 cm³/mol. The molecule has 0 aliphatic carbocycles. The molecule has 0 aliphatic rings. The van der Waals surface area contributed by atoms with E-state index >= 15 is 0 Å². The molecule has 1 atom stereocenters. The van der Waals surface area contributed by atoms with Crippen molar-refractivity contribution in [3.05, 3.63) is 54.1 Å². The van der Waals surface area contributed by atoms with Crippen LogP contribution in [0, 0.1) is 0 Å². The Labute approximate surface area is 143 Å². The number of aryl methyl sites for hydroxylation is 1. The number of hydrogen-bond donors (Lipinski definition) is 3. The maximum absolute atomic E-state index is 11.9. The Bertz CT molecular complexity index is 661. The van der Waals surface area contributed by atoms with Gasteiger partial charge in [-0.25, -0.2) is 0 Å². The van der Waals surface area contributed by atoms with Crippen LogP contribution in [0.2, 0.25) is 0 Å². The predicted octanol–water partition coefficient (Wildman–Crippen LogP) is 3.34. The third kappa shape index (κ3) is 4.66. The van der Waals surface area contributed by atoms with E-state index in [0.717, 1.165) is 17.5 Å². The molecule has 4 nitrogen and oxygen atoms in total. The maximum atomic E-state index is 11.9. The van der Waals surface area contributed by atoms with Crippen molar-refractivity contribution in [2.75, 3.05) is 11.9 Å². The van der Waals surface area contributed by atoms with Gasteiger partial charge in [0, 0.05) is 5.69 Å². The number of nitrogens with one attached hydrogen (secondary N) is 1. The SMILES string of the molecule is CCCCc1ccc(-c2ccc(NC(=O)[C@@](C)(N)CO)cc2)cc1. The van der Waals surface area contributed by atoms with Crippen molar-refractivity contribution < 1.29 is 9.90 Å². The third-order valence-corrected chi connectivity index (χ3v) is 4.10. The first-order chi connectivity index (χ1) is 11.5. The summed E-state index contributed by atoms with van der Waals surface area (Å²) in [5.41, 5.74) is 8.68. The minimum absolute atomic E-state index is 0.401. The highest BCUT2D eigenvalue weighted by Gasteiger charge is 2.27. The third-order valence-electron chi connectivity index (χ3n) is 4.10. The molecule has 0 radical (unpaired) electrons. The quantitative estimate of drug-likeness (QED) is 0.730. The number of carbonyl (C=O) groups excluding carboxylic acids is 1. The van der Waals surface area contributed by atoms with Gasteiger partial charge in [-0.2, -0.15) is 0 Å². The molecular formula is C20H26N2O2. The summed E-state index contributed by atoms with van der Waals surface area (Å²) >= 11 is 0. The second-order valence-corrected chi connectivity index (χ2v) is 6.41. The van der Waals surface area contributed by atoms with Gasteiger partial charge < -0.3 is 16.2 Å². The van der Waals surface area contributed by atoms with Gasteiger partial charge in [0.2, 0.25) is 5.91 Å². The average Bonchev–Trinajstić information content (AvgIpc) is 2.61. The molecule has 0 saturated carbocycles. The fourth-order valence-corrected chi connectivity index (χ4v) is 2.34. The monoisotopic (exact) mass is 326 g/mol. The van der Waals surface area contributed by atoms with E-state index < -0.39 is 18.1 Å². The summed E-state index contributed by atoms with van der Waals surface area (Å²) in [7, 11) is 0. The van der Waals surface area contributed by atoms with Crippen LogP contribution < -0.4 is 11.1 Å². The van der Waals surface area contributed by atoms with Gasteiger partial charge in [-0.05, 0) is 48.6 Å². The Morgan fingerprint density at radius 3 is 2.12 bits per heavy atom.